The standard InChI is InChI=1S/C18H11ClF4N2O/c19-17-10(9-24)1-3-14-12(17)8-15(18(22)23)25(14)5-6-26-16-4-2-11(20)7-13(16)21/h1-4,7-8,18H,5-6H2. The molecule has 3 aromatic rings. The molecular formula is C18H11ClF4N2O. The van der Waals surface area contributed by atoms with E-state index < -0.39 is 18.1 Å². The van der Waals surface area contributed by atoms with Gasteiger partial charge in [0.25, 0.3) is 6.43 Å². The van der Waals surface area contributed by atoms with E-state index in [0.717, 1.165) is 12.1 Å². The minimum Gasteiger partial charge on any atom is -0.489 e. The largest absolute Gasteiger partial charge is 0.489 e. The van der Waals surface area contributed by atoms with E-state index in [-0.39, 0.29) is 35.2 Å². The molecule has 0 N–H and O–H groups in total. The number of hydrogen-bond acceptors (Lipinski definition) is 2. The van der Waals surface area contributed by atoms with Crippen LogP contribution in [0.4, 0.5) is 17.6 Å². The molecule has 0 bridgehead atoms. The van der Waals surface area contributed by atoms with Crippen molar-refractivity contribution < 1.29 is 22.3 Å². The van der Waals surface area contributed by atoms with E-state index in [1.54, 1.807) is 0 Å². The number of rotatable bonds is 5. The number of ether oxygens (including phenoxy) is 1. The quantitative estimate of drug-likeness (QED) is 0.549. The van der Waals surface area contributed by atoms with Crippen molar-refractivity contribution in [3.05, 3.63) is 64.3 Å². The van der Waals surface area contributed by atoms with E-state index in [9.17, 15) is 17.6 Å². The molecule has 3 nitrogen and oxygen atoms in total. The molecule has 0 aliphatic carbocycles. The van der Waals surface area contributed by atoms with Crippen molar-refractivity contribution in [2.45, 2.75) is 13.0 Å². The van der Waals surface area contributed by atoms with Gasteiger partial charge in [0.15, 0.2) is 11.6 Å². The Kier molecular flexibility index (Phi) is 5.05. The van der Waals surface area contributed by atoms with Crippen LogP contribution in [0.3, 0.4) is 0 Å². The summed E-state index contributed by atoms with van der Waals surface area (Å²) in [5.74, 6) is -1.79. The second-order valence-corrected chi connectivity index (χ2v) is 5.79. The zero-order valence-electron chi connectivity index (χ0n) is 13.1. The molecule has 0 atom stereocenters. The predicted octanol–water partition coefficient (Wildman–Crippen LogP) is 5.46. The van der Waals surface area contributed by atoms with Gasteiger partial charge in [0, 0.05) is 11.5 Å². The Hall–Kier alpha value is -2.72. The molecule has 1 aromatic heterocycles. The topological polar surface area (TPSA) is 38.0 Å². The van der Waals surface area contributed by atoms with Gasteiger partial charge >= 0.3 is 0 Å². The predicted molar refractivity (Wildman–Crippen MR) is 88.5 cm³/mol. The van der Waals surface area contributed by atoms with Gasteiger partial charge in [-0.3, -0.25) is 0 Å². The van der Waals surface area contributed by atoms with Gasteiger partial charge in [0.2, 0.25) is 0 Å². The van der Waals surface area contributed by atoms with E-state index in [0.29, 0.717) is 17.0 Å². The van der Waals surface area contributed by atoms with Crippen LogP contribution in [0.15, 0.2) is 36.4 Å². The molecule has 0 amide bonds. The summed E-state index contributed by atoms with van der Waals surface area (Å²) >= 11 is 6.10. The number of fused-ring (bicyclic) bond motifs is 1. The van der Waals surface area contributed by atoms with Gasteiger partial charge in [-0.15, -0.1) is 0 Å². The van der Waals surface area contributed by atoms with Crippen LogP contribution in [0.25, 0.3) is 10.9 Å². The molecule has 0 spiro atoms. The number of nitriles is 1. The van der Waals surface area contributed by atoms with Gasteiger partial charge in [-0.05, 0) is 30.3 Å². The average Bonchev–Trinajstić information content (AvgIpc) is 2.97. The van der Waals surface area contributed by atoms with Crippen LogP contribution in [0, 0.1) is 23.0 Å². The van der Waals surface area contributed by atoms with Crippen molar-refractivity contribution in [3.8, 4) is 11.8 Å². The summed E-state index contributed by atoms with van der Waals surface area (Å²) in [7, 11) is 0. The highest BCUT2D eigenvalue weighted by Crippen LogP contribution is 2.33. The number of nitrogens with zero attached hydrogens (tertiary/aromatic N) is 2. The van der Waals surface area contributed by atoms with Crippen molar-refractivity contribution in [1.29, 1.82) is 5.26 Å². The Bertz CT molecular complexity index is 1010. The lowest BCUT2D eigenvalue weighted by molar-refractivity contribution is 0.139. The average molecular weight is 383 g/mol. The molecule has 1 heterocycles. The molecular weight excluding hydrogens is 372 g/mol. The third kappa shape index (κ3) is 3.33. The molecule has 0 unspecified atom stereocenters. The first-order valence-electron chi connectivity index (χ1n) is 7.50. The fraction of sp³-hybridized carbons (Fsp3) is 0.167. The summed E-state index contributed by atoms with van der Waals surface area (Å²) in [5, 5.41) is 9.43. The highest BCUT2D eigenvalue weighted by Gasteiger charge is 2.19. The molecule has 0 aliphatic heterocycles. The molecule has 0 radical (unpaired) electrons. The van der Waals surface area contributed by atoms with E-state index in [2.05, 4.69) is 0 Å². The number of benzene rings is 2. The van der Waals surface area contributed by atoms with Crippen molar-refractivity contribution in [3.63, 3.8) is 0 Å². The summed E-state index contributed by atoms with van der Waals surface area (Å²) in [4.78, 5) is 0. The van der Waals surface area contributed by atoms with Crippen molar-refractivity contribution >= 4 is 22.5 Å². The normalized spacial score (nSPS) is 11.1. The minimum absolute atomic E-state index is 0.0117. The summed E-state index contributed by atoms with van der Waals surface area (Å²) < 4.78 is 59.7. The van der Waals surface area contributed by atoms with Crippen molar-refractivity contribution in [2.24, 2.45) is 0 Å². The molecule has 0 aliphatic rings. The molecule has 0 saturated heterocycles. The summed E-state index contributed by atoms with van der Waals surface area (Å²) in [6.07, 6.45) is -2.77. The fourth-order valence-corrected chi connectivity index (χ4v) is 2.93. The molecule has 134 valence electrons. The summed E-state index contributed by atoms with van der Waals surface area (Å²) in [6.45, 7) is -0.133. The second-order valence-electron chi connectivity index (χ2n) is 5.42. The first-order valence-corrected chi connectivity index (χ1v) is 7.88. The molecule has 0 saturated carbocycles. The lowest BCUT2D eigenvalue weighted by Gasteiger charge is -2.12. The minimum atomic E-state index is -2.77. The van der Waals surface area contributed by atoms with E-state index in [1.165, 1.54) is 22.8 Å². The Morgan fingerprint density at radius 1 is 1.15 bits per heavy atom. The first-order chi connectivity index (χ1) is 12.4. The fourth-order valence-electron chi connectivity index (χ4n) is 2.68. The number of hydrogen-bond donors (Lipinski definition) is 0. The van der Waals surface area contributed by atoms with Crippen LogP contribution in [0.5, 0.6) is 5.75 Å². The van der Waals surface area contributed by atoms with Crippen LogP contribution >= 0.6 is 11.6 Å². The molecule has 8 heteroatoms. The number of halogens is 5. The van der Waals surface area contributed by atoms with Gasteiger partial charge < -0.3 is 9.30 Å². The maximum atomic E-state index is 13.6. The molecule has 3 rings (SSSR count). The maximum absolute atomic E-state index is 13.6. The van der Waals surface area contributed by atoms with Gasteiger partial charge in [-0.1, -0.05) is 11.6 Å². The lowest BCUT2D eigenvalue weighted by Crippen LogP contribution is -2.11. The molecule has 26 heavy (non-hydrogen) atoms. The van der Waals surface area contributed by atoms with Crippen LogP contribution in [-0.4, -0.2) is 11.2 Å². The highest BCUT2D eigenvalue weighted by molar-refractivity contribution is 6.36. The molecule has 2 aromatic carbocycles. The Morgan fingerprint density at radius 2 is 1.92 bits per heavy atom. The number of aromatic nitrogens is 1. The second kappa shape index (κ2) is 7.26. The van der Waals surface area contributed by atoms with E-state index in [1.807, 2.05) is 6.07 Å². The van der Waals surface area contributed by atoms with Crippen LogP contribution in [0.1, 0.15) is 17.7 Å². The van der Waals surface area contributed by atoms with Crippen LogP contribution in [0.2, 0.25) is 5.02 Å². The Labute approximate surface area is 151 Å². The highest BCUT2D eigenvalue weighted by atomic mass is 35.5. The smallest absolute Gasteiger partial charge is 0.278 e. The van der Waals surface area contributed by atoms with Crippen LogP contribution in [-0.2, 0) is 6.54 Å². The summed E-state index contributed by atoms with van der Waals surface area (Å²) in [5.41, 5.74) is 0.300. The maximum Gasteiger partial charge on any atom is 0.278 e. The van der Waals surface area contributed by atoms with Gasteiger partial charge in [-0.25, -0.2) is 17.6 Å². The summed E-state index contributed by atoms with van der Waals surface area (Å²) in [6, 6.07) is 8.92. The Morgan fingerprint density at radius 3 is 2.58 bits per heavy atom. The number of alkyl halides is 2. The van der Waals surface area contributed by atoms with E-state index in [4.69, 9.17) is 21.6 Å². The van der Waals surface area contributed by atoms with Gasteiger partial charge in [-0.2, -0.15) is 5.26 Å². The lowest BCUT2D eigenvalue weighted by atomic mass is 10.1. The van der Waals surface area contributed by atoms with Gasteiger partial charge in [0.05, 0.1) is 28.3 Å². The Balaban J connectivity index is 1.90. The first kappa shape index (κ1) is 18.1. The van der Waals surface area contributed by atoms with Crippen LogP contribution < -0.4 is 4.74 Å². The molecule has 0 fully saturated rings. The monoisotopic (exact) mass is 382 g/mol. The SMILES string of the molecule is N#Cc1ccc2c(cc(C(F)F)n2CCOc2ccc(F)cc2F)c1Cl. The third-order valence-electron chi connectivity index (χ3n) is 3.86. The van der Waals surface area contributed by atoms with Gasteiger partial charge in [0.1, 0.15) is 18.5 Å². The van der Waals surface area contributed by atoms with Crippen molar-refractivity contribution in [1.82, 2.24) is 4.57 Å². The van der Waals surface area contributed by atoms with Crippen molar-refractivity contribution in [2.75, 3.05) is 6.61 Å². The third-order valence-corrected chi connectivity index (χ3v) is 4.27. The zero-order valence-corrected chi connectivity index (χ0v) is 13.9. The zero-order chi connectivity index (χ0) is 18.8. The van der Waals surface area contributed by atoms with E-state index >= 15 is 0 Å².